The van der Waals surface area contributed by atoms with Crippen molar-refractivity contribution in [3.8, 4) is 0 Å². The summed E-state index contributed by atoms with van der Waals surface area (Å²) in [4.78, 5) is 15.4. The summed E-state index contributed by atoms with van der Waals surface area (Å²) in [6.07, 6.45) is 2.48. The lowest BCUT2D eigenvalue weighted by Crippen LogP contribution is -2.37. The molecule has 1 atom stereocenters. The molecule has 0 spiro atoms. The number of ether oxygens (including phenoxy) is 1. The van der Waals surface area contributed by atoms with Crippen molar-refractivity contribution in [1.82, 2.24) is 19.5 Å². The van der Waals surface area contributed by atoms with Crippen LogP contribution in [0.3, 0.4) is 0 Å². The Morgan fingerprint density at radius 2 is 1.96 bits per heavy atom. The molecule has 1 unspecified atom stereocenters. The first-order chi connectivity index (χ1) is 12.2. The maximum atomic E-state index is 10.5. The van der Waals surface area contributed by atoms with Crippen LogP contribution in [-0.2, 0) is 11.3 Å². The van der Waals surface area contributed by atoms with Gasteiger partial charge < -0.3 is 19.3 Å². The molecule has 0 saturated carbocycles. The van der Waals surface area contributed by atoms with E-state index < -0.39 is 6.10 Å². The van der Waals surface area contributed by atoms with Crippen LogP contribution in [0.15, 0.2) is 36.9 Å². The van der Waals surface area contributed by atoms with Crippen molar-refractivity contribution in [3.63, 3.8) is 0 Å². The van der Waals surface area contributed by atoms with Gasteiger partial charge in [-0.25, -0.2) is 15.0 Å². The zero-order valence-electron chi connectivity index (χ0n) is 13.5. The summed E-state index contributed by atoms with van der Waals surface area (Å²) in [6.45, 7) is 3.23. The third kappa shape index (κ3) is 3.18. The molecule has 1 aromatic carbocycles. The molecule has 0 radical (unpaired) electrons. The lowest BCUT2D eigenvalue weighted by Gasteiger charge is -2.27. The topological polar surface area (TPSA) is 76.3 Å². The Morgan fingerprint density at radius 3 is 2.76 bits per heavy atom. The Labute approximate surface area is 149 Å². The second kappa shape index (κ2) is 6.95. The highest BCUT2D eigenvalue weighted by molar-refractivity contribution is 6.31. The van der Waals surface area contributed by atoms with Crippen LogP contribution in [-0.4, -0.2) is 50.9 Å². The molecule has 0 amide bonds. The number of rotatable bonds is 4. The average Bonchev–Trinajstić information content (AvgIpc) is 3.06. The van der Waals surface area contributed by atoms with Gasteiger partial charge in [-0.1, -0.05) is 29.8 Å². The first kappa shape index (κ1) is 16.3. The zero-order chi connectivity index (χ0) is 17.2. The Balaban J connectivity index is 1.64. The normalized spacial score (nSPS) is 16.3. The van der Waals surface area contributed by atoms with Crippen LogP contribution in [0.5, 0.6) is 0 Å². The van der Waals surface area contributed by atoms with Crippen molar-refractivity contribution in [2.24, 2.45) is 0 Å². The molecule has 1 N–H and O–H groups in total. The summed E-state index contributed by atoms with van der Waals surface area (Å²) < 4.78 is 7.22. The molecule has 1 fully saturated rings. The molecule has 0 bridgehead atoms. The number of aliphatic hydroxyl groups excluding tert-OH is 1. The highest BCUT2D eigenvalue weighted by Crippen LogP contribution is 2.26. The van der Waals surface area contributed by atoms with Gasteiger partial charge in [0.05, 0.1) is 32.2 Å². The van der Waals surface area contributed by atoms with Crippen LogP contribution in [0, 0.1) is 0 Å². The number of halogens is 1. The van der Waals surface area contributed by atoms with E-state index in [0.29, 0.717) is 36.0 Å². The fraction of sp³-hybridized carbons (Fsp3) is 0.353. The van der Waals surface area contributed by atoms with Crippen molar-refractivity contribution in [1.29, 1.82) is 0 Å². The number of morpholine rings is 1. The van der Waals surface area contributed by atoms with Gasteiger partial charge in [-0.2, -0.15) is 0 Å². The molecule has 7 nitrogen and oxygen atoms in total. The molecule has 25 heavy (non-hydrogen) atoms. The van der Waals surface area contributed by atoms with E-state index in [4.69, 9.17) is 16.3 Å². The number of fused-ring (bicyclic) bond motifs is 1. The van der Waals surface area contributed by atoms with Crippen LogP contribution < -0.4 is 4.90 Å². The molecule has 3 aromatic rings. The second-order valence-corrected chi connectivity index (χ2v) is 6.31. The molecule has 130 valence electrons. The fourth-order valence-electron chi connectivity index (χ4n) is 3.04. The van der Waals surface area contributed by atoms with Crippen LogP contribution >= 0.6 is 11.6 Å². The molecule has 4 rings (SSSR count). The predicted molar refractivity (Wildman–Crippen MR) is 94.8 cm³/mol. The first-order valence-corrected chi connectivity index (χ1v) is 8.53. The van der Waals surface area contributed by atoms with E-state index in [-0.39, 0.29) is 0 Å². The SMILES string of the molecule is OC(Cn1cnc2c(N3CCOCC3)ncnc21)c1ccccc1Cl. The first-order valence-electron chi connectivity index (χ1n) is 8.15. The molecule has 1 aliphatic rings. The van der Waals surface area contributed by atoms with Gasteiger partial charge in [0.1, 0.15) is 6.33 Å². The van der Waals surface area contributed by atoms with Gasteiger partial charge in [-0.05, 0) is 6.07 Å². The van der Waals surface area contributed by atoms with Gasteiger partial charge in [0.25, 0.3) is 0 Å². The summed E-state index contributed by atoms with van der Waals surface area (Å²) in [5.41, 5.74) is 2.12. The summed E-state index contributed by atoms with van der Waals surface area (Å²) in [5, 5.41) is 11.1. The van der Waals surface area contributed by atoms with E-state index in [2.05, 4.69) is 19.9 Å². The maximum absolute atomic E-state index is 10.5. The fourth-order valence-corrected chi connectivity index (χ4v) is 3.30. The van der Waals surface area contributed by atoms with Gasteiger partial charge in [0.15, 0.2) is 17.0 Å². The molecule has 2 aromatic heterocycles. The van der Waals surface area contributed by atoms with Crippen molar-refractivity contribution in [2.45, 2.75) is 12.6 Å². The molecular weight excluding hydrogens is 342 g/mol. The number of anilines is 1. The standard InChI is InChI=1S/C17H18ClN5O2/c18-13-4-2-1-3-12(13)14(24)9-23-11-21-15-16(19-10-20-17(15)23)22-5-7-25-8-6-22/h1-4,10-11,14,24H,5-9H2. The quantitative estimate of drug-likeness (QED) is 0.768. The van der Waals surface area contributed by atoms with Crippen molar-refractivity contribution in [3.05, 3.63) is 47.5 Å². The van der Waals surface area contributed by atoms with E-state index >= 15 is 0 Å². The van der Waals surface area contributed by atoms with Gasteiger partial charge in [0.2, 0.25) is 0 Å². The van der Waals surface area contributed by atoms with Crippen LogP contribution in [0.2, 0.25) is 5.02 Å². The average molecular weight is 360 g/mol. The summed E-state index contributed by atoms with van der Waals surface area (Å²) >= 11 is 6.18. The molecule has 1 saturated heterocycles. The molecular formula is C17H18ClN5O2. The van der Waals surface area contributed by atoms with E-state index in [9.17, 15) is 5.11 Å². The number of imidazole rings is 1. The minimum atomic E-state index is -0.743. The number of aliphatic hydroxyl groups is 1. The van der Waals surface area contributed by atoms with E-state index in [1.165, 1.54) is 6.33 Å². The van der Waals surface area contributed by atoms with Crippen molar-refractivity contribution < 1.29 is 9.84 Å². The molecule has 0 aliphatic carbocycles. The Hall–Kier alpha value is -2.22. The van der Waals surface area contributed by atoms with Crippen LogP contribution in [0.1, 0.15) is 11.7 Å². The summed E-state index contributed by atoms with van der Waals surface area (Å²) in [7, 11) is 0. The highest BCUT2D eigenvalue weighted by Gasteiger charge is 2.20. The number of aromatic nitrogens is 4. The maximum Gasteiger partial charge on any atom is 0.165 e. The second-order valence-electron chi connectivity index (χ2n) is 5.90. The Morgan fingerprint density at radius 1 is 1.16 bits per heavy atom. The summed E-state index contributed by atoms with van der Waals surface area (Å²) in [5.74, 6) is 0.805. The van der Waals surface area contributed by atoms with E-state index in [1.807, 2.05) is 22.8 Å². The number of hydrogen-bond donors (Lipinski definition) is 1. The van der Waals surface area contributed by atoms with Crippen molar-refractivity contribution >= 4 is 28.6 Å². The smallest absolute Gasteiger partial charge is 0.165 e. The molecule has 8 heteroatoms. The van der Waals surface area contributed by atoms with Crippen LogP contribution in [0.4, 0.5) is 5.82 Å². The van der Waals surface area contributed by atoms with E-state index in [1.54, 1.807) is 12.4 Å². The van der Waals surface area contributed by atoms with Crippen LogP contribution in [0.25, 0.3) is 11.2 Å². The third-order valence-corrected chi connectivity index (χ3v) is 4.67. The monoisotopic (exact) mass is 359 g/mol. The number of nitrogens with zero attached hydrogens (tertiary/aromatic N) is 5. The van der Waals surface area contributed by atoms with Gasteiger partial charge in [-0.15, -0.1) is 0 Å². The van der Waals surface area contributed by atoms with Gasteiger partial charge >= 0.3 is 0 Å². The minimum Gasteiger partial charge on any atom is -0.386 e. The highest BCUT2D eigenvalue weighted by atomic mass is 35.5. The minimum absolute atomic E-state index is 0.319. The van der Waals surface area contributed by atoms with E-state index in [0.717, 1.165) is 24.4 Å². The molecule has 3 heterocycles. The lowest BCUT2D eigenvalue weighted by atomic mass is 10.1. The number of hydrogen-bond acceptors (Lipinski definition) is 6. The van der Waals surface area contributed by atoms with Gasteiger partial charge in [0, 0.05) is 23.7 Å². The summed E-state index contributed by atoms with van der Waals surface area (Å²) in [6, 6.07) is 7.28. The third-order valence-electron chi connectivity index (χ3n) is 4.33. The Kier molecular flexibility index (Phi) is 4.52. The Bertz CT molecular complexity index is 878. The predicted octanol–water partition coefficient (Wildman–Crippen LogP) is 2.05. The molecule has 1 aliphatic heterocycles. The number of benzene rings is 1. The largest absolute Gasteiger partial charge is 0.386 e. The zero-order valence-corrected chi connectivity index (χ0v) is 14.3. The van der Waals surface area contributed by atoms with Crippen molar-refractivity contribution in [2.75, 3.05) is 31.2 Å². The lowest BCUT2D eigenvalue weighted by molar-refractivity contribution is 0.122. The van der Waals surface area contributed by atoms with Gasteiger partial charge in [-0.3, -0.25) is 0 Å².